The second-order valence-corrected chi connectivity index (χ2v) is 5.52. The van der Waals surface area contributed by atoms with E-state index in [0.717, 1.165) is 0 Å². The summed E-state index contributed by atoms with van der Waals surface area (Å²) >= 11 is 0. The molecule has 0 bridgehead atoms. The Bertz CT molecular complexity index is 639. The molecule has 0 aromatic carbocycles. The van der Waals surface area contributed by atoms with Crippen LogP contribution in [0.5, 0.6) is 0 Å². The largest absolute Gasteiger partial charge is 0.481 e. The van der Waals surface area contributed by atoms with Gasteiger partial charge >= 0.3 is 5.97 Å². The molecule has 8 nitrogen and oxygen atoms in total. The first-order valence-corrected chi connectivity index (χ1v) is 7.98. The number of carboxylic acids is 1. The lowest BCUT2D eigenvalue weighted by atomic mass is 9.99. The Morgan fingerprint density at radius 1 is 1.12 bits per heavy atom. The summed E-state index contributed by atoms with van der Waals surface area (Å²) in [6.45, 7) is 1.05. The lowest BCUT2D eigenvalue weighted by molar-refractivity contribution is -0.311. The van der Waals surface area contributed by atoms with Crippen LogP contribution in [0.3, 0.4) is 0 Å². The molecule has 1 aliphatic rings. The summed E-state index contributed by atoms with van der Waals surface area (Å²) in [5.41, 5.74) is 0. The molecule has 0 spiro atoms. The van der Waals surface area contributed by atoms with Crippen molar-refractivity contribution in [1.82, 2.24) is 0 Å². The number of rotatable bonds is 7. The summed E-state index contributed by atoms with van der Waals surface area (Å²) in [6.07, 6.45) is -7.93. The van der Waals surface area contributed by atoms with Crippen LogP contribution in [-0.4, -0.2) is 74.9 Å². The summed E-state index contributed by atoms with van der Waals surface area (Å²) in [4.78, 5) is 11.0. The van der Waals surface area contributed by atoms with Gasteiger partial charge in [-0.1, -0.05) is 11.8 Å². The van der Waals surface area contributed by atoms with E-state index in [4.69, 9.17) is 19.7 Å². The van der Waals surface area contributed by atoms with Gasteiger partial charge in [0, 0.05) is 6.42 Å². The fraction of sp³-hybridized carbons (Fsp3) is 0.611. The van der Waals surface area contributed by atoms with Gasteiger partial charge in [-0.3, -0.25) is 4.79 Å². The molecule has 1 heterocycles. The number of aliphatic carboxylic acids is 1. The first kappa shape index (κ1) is 22.0. The zero-order valence-electron chi connectivity index (χ0n) is 14.3. The third-order valence-electron chi connectivity index (χ3n) is 3.57. The van der Waals surface area contributed by atoms with Crippen molar-refractivity contribution in [2.75, 3.05) is 6.61 Å². The molecule has 1 aliphatic heterocycles. The van der Waals surface area contributed by atoms with Gasteiger partial charge in [0.1, 0.15) is 24.4 Å². The van der Waals surface area contributed by atoms with Crippen molar-refractivity contribution in [3.8, 4) is 35.5 Å². The van der Waals surface area contributed by atoms with Crippen LogP contribution in [0.2, 0.25) is 0 Å². The first-order chi connectivity index (χ1) is 12.4. The molecule has 26 heavy (non-hydrogen) atoms. The first-order valence-electron chi connectivity index (χ1n) is 7.98. The summed E-state index contributed by atoms with van der Waals surface area (Å²) < 4.78 is 10.7. The van der Waals surface area contributed by atoms with Gasteiger partial charge < -0.3 is 35.0 Å². The van der Waals surface area contributed by atoms with Crippen LogP contribution < -0.4 is 0 Å². The highest BCUT2D eigenvalue weighted by Crippen LogP contribution is 2.24. The Balaban J connectivity index is 2.69. The second kappa shape index (κ2) is 11.5. The van der Waals surface area contributed by atoms with Gasteiger partial charge in [0.05, 0.1) is 19.1 Å². The van der Waals surface area contributed by atoms with Crippen molar-refractivity contribution in [3.63, 3.8) is 0 Å². The number of ether oxygens (including phenoxy) is 2. The molecule has 0 aliphatic carbocycles. The third kappa shape index (κ3) is 7.03. The Kier molecular flexibility index (Phi) is 9.72. The van der Waals surface area contributed by atoms with Gasteiger partial charge in [0.25, 0.3) is 0 Å². The van der Waals surface area contributed by atoms with E-state index >= 15 is 0 Å². The van der Waals surface area contributed by atoms with Gasteiger partial charge in [-0.2, -0.15) is 0 Å². The van der Waals surface area contributed by atoms with Crippen LogP contribution in [0.25, 0.3) is 0 Å². The maximum Gasteiger partial charge on any atom is 0.305 e. The Morgan fingerprint density at radius 2 is 1.81 bits per heavy atom. The average Bonchev–Trinajstić information content (AvgIpc) is 2.60. The maximum absolute atomic E-state index is 11.0. The molecule has 1 saturated heterocycles. The highest BCUT2D eigenvalue weighted by atomic mass is 16.7. The standard InChI is InChI=1S/C18H22O8/c1-2-3-4-5-6-7-8-9-12(10-14(20)21)25-18-17(24)16(23)15(22)13(11-19)26-18/h12-13,15-19,22-24H,8-11H2,1H3,(H,20,21)/t12-,13-,15-,16+,17-,18-/m1/s1. The molecule has 0 radical (unpaired) electrons. The van der Waals surface area contributed by atoms with Crippen LogP contribution in [0.4, 0.5) is 0 Å². The van der Waals surface area contributed by atoms with Crippen molar-refractivity contribution in [2.45, 2.75) is 63.0 Å². The summed E-state index contributed by atoms with van der Waals surface area (Å²) in [6, 6.07) is 0. The van der Waals surface area contributed by atoms with Gasteiger partial charge in [-0.05, 0) is 37.0 Å². The Labute approximate surface area is 151 Å². The number of hydrogen-bond donors (Lipinski definition) is 5. The molecular weight excluding hydrogens is 344 g/mol. The average molecular weight is 366 g/mol. The van der Waals surface area contributed by atoms with Gasteiger partial charge in [-0.15, -0.1) is 0 Å². The SMILES string of the molecule is CC#CC#CC#CCC[C@H](CC(=O)O)O[C@@H]1O[C@H](CO)[C@@H](O)[C@H](O)[C@H]1O. The lowest BCUT2D eigenvalue weighted by Gasteiger charge is -2.40. The highest BCUT2D eigenvalue weighted by molar-refractivity contribution is 5.67. The predicted octanol–water partition coefficient (Wildman–Crippen LogP) is -1.54. The van der Waals surface area contributed by atoms with Crippen LogP contribution in [0.1, 0.15) is 26.2 Å². The number of carbonyl (C=O) groups is 1. The second-order valence-electron chi connectivity index (χ2n) is 5.52. The van der Waals surface area contributed by atoms with E-state index in [1.165, 1.54) is 0 Å². The molecule has 1 rings (SSSR count). The number of aliphatic hydroxyl groups is 4. The maximum atomic E-state index is 11.0. The monoisotopic (exact) mass is 366 g/mol. The Hall–Kier alpha value is -2.09. The lowest BCUT2D eigenvalue weighted by Crippen LogP contribution is -2.59. The van der Waals surface area contributed by atoms with Crippen molar-refractivity contribution in [3.05, 3.63) is 0 Å². The van der Waals surface area contributed by atoms with E-state index in [9.17, 15) is 20.1 Å². The number of hydrogen-bond acceptors (Lipinski definition) is 7. The minimum absolute atomic E-state index is 0.218. The Morgan fingerprint density at radius 3 is 2.42 bits per heavy atom. The molecule has 8 heteroatoms. The van der Waals surface area contributed by atoms with Gasteiger partial charge in [0.15, 0.2) is 6.29 Å². The zero-order chi connectivity index (χ0) is 19.5. The molecule has 0 amide bonds. The summed E-state index contributed by atoms with van der Waals surface area (Å²) in [5.74, 6) is 14.3. The van der Waals surface area contributed by atoms with E-state index < -0.39 is 49.4 Å². The van der Waals surface area contributed by atoms with Crippen molar-refractivity contribution >= 4 is 5.97 Å². The van der Waals surface area contributed by atoms with E-state index in [1.807, 2.05) is 0 Å². The molecule has 5 N–H and O–H groups in total. The van der Waals surface area contributed by atoms with Crippen molar-refractivity contribution in [2.24, 2.45) is 0 Å². The number of carboxylic acid groups (broad SMARTS) is 1. The van der Waals surface area contributed by atoms with E-state index in [0.29, 0.717) is 0 Å². The van der Waals surface area contributed by atoms with Gasteiger partial charge in [0.2, 0.25) is 0 Å². The molecule has 6 atom stereocenters. The fourth-order valence-corrected chi connectivity index (χ4v) is 2.25. The van der Waals surface area contributed by atoms with E-state index in [-0.39, 0.29) is 19.3 Å². The molecule has 1 fully saturated rings. The highest BCUT2D eigenvalue weighted by Gasteiger charge is 2.44. The minimum atomic E-state index is -1.59. The van der Waals surface area contributed by atoms with E-state index in [1.54, 1.807) is 6.92 Å². The normalized spacial score (nSPS) is 28.4. The zero-order valence-corrected chi connectivity index (χ0v) is 14.3. The number of aliphatic hydroxyl groups excluding tert-OH is 4. The van der Waals surface area contributed by atoms with Crippen LogP contribution in [-0.2, 0) is 14.3 Å². The van der Waals surface area contributed by atoms with Crippen molar-refractivity contribution < 1.29 is 39.8 Å². The third-order valence-corrected chi connectivity index (χ3v) is 3.57. The minimum Gasteiger partial charge on any atom is -0.481 e. The fourth-order valence-electron chi connectivity index (χ4n) is 2.25. The van der Waals surface area contributed by atoms with Gasteiger partial charge in [-0.25, -0.2) is 0 Å². The molecule has 0 unspecified atom stereocenters. The quantitative estimate of drug-likeness (QED) is 0.342. The van der Waals surface area contributed by atoms with E-state index in [2.05, 4.69) is 35.5 Å². The van der Waals surface area contributed by atoms with Crippen LogP contribution in [0.15, 0.2) is 0 Å². The smallest absolute Gasteiger partial charge is 0.305 e. The van der Waals surface area contributed by atoms with Crippen LogP contribution in [0, 0.1) is 35.5 Å². The molecule has 142 valence electrons. The summed E-state index contributed by atoms with van der Waals surface area (Å²) in [7, 11) is 0. The topological polar surface area (TPSA) is 137 Å². The molecule has 0 aromatic heterocycles. The van der Waals surface area contributed by atoms with Crippen molar-refractivity contribution in [1.29, 1.82) is 0 Å². The predicted molar refractivity (Wildman–Crippen MR) is 89.1 cm³/mol. The molecule has 0 aromatic rings. The molecule has 0 saturated carbocycles. The van der Waals surface area contributed by atoms with Crippen LogP contribution >= 0.6 is 0 Å². The summed E-state index contributed by atoms with van der Waals surface area (Å²) in [5, 5.41) is 47.6. The molecular formula is C18H22O8.